The van der Waals surface area contributed by atoms with E-state index in [1.807, 2.05) is 0 Å². The monoisotopic (exact) mass is 262 g/mol. The predicted molar refractivity (Wildman–Crippen MR) is 78.8 cm³/mol. The Morgan fingerprint density at radius 3 is 2.53 bits per heavy atom. The number of hydrogen-bond acceptors (Lipinski definition) is 3. The quantitative estimate of drug-likeness (QED) is 0.451. The first kappa shape index (κ1) is 14.5. The molecule has 1 aliphatic carbocycles. The average molecular weight is 262 g/mol. The van der Waals surface area contributed by atoms with Crippen molar-refractivity contribution in [1.82, 2.24) is 5.43 Å². The molecule has 0 heterocycles. The zero-order valence-corrected chi connectivity index (χ0v) is 11.9. The number of nitrogens with one attached hydrogen (secondary N) is 1. The summed E-state index contributed by atoms with van der Waals surface area (Å²) in [5.74, 6) is 5.83. The third kappa shape index (κ3) is 3.16. The SMILES string of the molecule is CCCOCC(NN)C1(c2ccccc2)CCCC1. The third-order valence-electron chi connectivity index (χ3n) is 4.35. The van der Waals surface area contributed by atoms with Gasteiger partial charge in [-0.1, -0.05) is 50.1 Å². The number of nitrogens with two attached hydrogens (primary N) is 1. The lowest BCUT2D eigenvalue weighted by atomic mass is 9.73. The second kappa shape index (κ2) is 7.04. The molecule has 1 atom stereocenters. The van der Waals surface area contributed by atoms with Gasteiger partial charge in [0.15, 0.2) is 0 Å². The van der Waals surface area contributed by atoms with Crippen molar-refractivity contribution in [3.8, 4) is 0 Å². The van der Waals surface area contributed by atoms with Gasteiger partial charge in [0.2, 0.25) is 0 Å². The van der Waals surface area contributed by atoms with Crippen LogP contribution in [0.15, 0.2) is 30.3 Å². The molecular formula is C16H26N2O. The van der Waals surface area contributed by atoms with Crippen molar-refractivity contribution in [2.75, 3.05) is 13.2 Å². The predicted octanol–water partition coefficient (Wildman–Crippen LogP) is 2.76. The molecular weight excluding hydrogens is 236 g/mol. The molecule has 1 aromatic rings. The summed E-state index contributed by atoms with van der Waals surface area (Å²) in [4.78, 5) is 0. The van der Waals surface area contributed by atoms with Crippen molar-refractivity contribution in [3.63, 3.8) is 0 Å². The molecule has 0 aliphatic heterocycles. The van der Waals surface area contributed by atoms with Gasteiger partial charge in [-0.2, -0.15) is 0 Å². The Bertz CT molecular complexity index is 360. The highest BCUT2D eigenvalue weighted by Gasteiger charge is 2.42. The van der Waals surface area contributed by atoms with E-state index in [0.717, 1.165) is 13.0 Å². The van der Waals surface area contributed by atoms with Gasteiger partial charge in [-0.15, -0.1) is 0 Å². The van der Waals surface area contributed by atoms with Gasteiger partial charge in [0.1, 0.15) is 0 Å². The fourth-order valence-corrected chi connectivity index (χ4v) is 3.33. The van der Waals surface area contributed by atoms with Crippen LogP contribution in [-0.2, 0) is 10.2 Å². The minimum Gasteiger partial charge on any atom is -0.380 e. The molecule has 19 heavy (non-hydrogen) atoms. The normalized spacial score (nSPS) is 19.5. The van der Waals surface area contributed by atoms with Gasteiger partial charge >= 0.3 is 0 Å². The Hall–Kier alpha value is -0.900. The minimum absolute atomic E-state index is 0.143. The zero-order chi connectivity index (χ0) is 13.6. The van der Waals surface area contributed by atoms with Crippen molar-refractivity contribution in [3.05, 3.63) is 35.9 Å². The second-order valence-corrected chi connectivity index (χ2v) is 5.52. The minimum atomic E-state index is 0.143. The number of benzene rings is 1. The average Bonchev–Trinajstić information content (AvgIpc) is 2.95. The highest BCUT2D eigenvalue weighted by atomic mass is 16.5. The van der Waals surface area contributed by atoms with E-state index in [0.29, 0.717) is 6.61 Å². The van der Waals surface area contributed by atoms with Crippen LogP contribution in [0.3, 0.4) is 0 Å². The van der Waals surface area contributed by atoms with Crippen LogP contribution in [0.25, 0.3) is 0 Å². The van der Waals surface area contributed by atoms with E-state index in [9.17, 15) is 0 Å². The number of ether oxygens (including phenoxy) is 1. The van der Waals surface area contributed by atoms with E-state index in [1.165, 1.54) is 31.2 Å². The van der Waals surface area contributed by atoms with Crippen LogP contribution in [0.5, 0.6) is 0 Å². The van der Waals surface area contributed by atoms with Crippen LogP contribution in [0.4, 0.5) is 0 Å². The van der Waals surface area contributed by atoms with Crippen LogP contribution in [0.2, 0.25) is 0 Å². The molecule has 0 radical (unpaired) electrons. The maximum Gasteiger partial charge on any atom is 0.0641 e. The lowest BCUT2D eigenvalue weighted by Crippen LogP contribution is -2.52. The van der Waals surface area contributed by atoms with E-state index >= 15 is 0 Å². The molecule has 0 saturated heterocycles. The van der Waals surface area contributed by atoms with Crippen LogP contribution >= 0.6 is 0 Å². The van der Waals surface area contributed by atoms with Crippen molar-refractivity contribution >= 4 is 0 Å². The summed E-state index contributed by atoms with van der Waals surface area (Å²) >= 11 is 0. The summed E-state index contributed by atoms with van der Waals surface area (Å²) < 4.78 is 5.75. The summed E-state index contributed by atoms with van der Waals surface area (Å²) in [5.41, 5.74) is 4.56. The van der Waals surface area contributed by atoms with Crippen LogP contribution < -0.4 is 11.3 Å². The molecule has 0 spiro atoms. The van der Waals surface area contributed by atoms with Crippen LogP contribution in [0, 0.1) is 0 Å². The van der Waals surface area contributed by atoms with E-state index in [4.69, 9.17) is 10.6 Å². The Morgan fingerprint density at radius 2 is 1.95 bits per heavy atom. The van der Waals surface area contributed by atoms with E-state index < -0.39 is 0 Å². The first-order valence-corrected chi connectivity index (χ1v) is 7.43. The molecule has 3 nitrogen and oxygen atoms in total. The summed E-state index contributed by atoms with van der Waals surface area (Å²) in [6.45, 7) is 3.63. The largest absolute Gasteiger partial charge is 0.380 e. The molecule has 3 N–H and O–H groups in total. The summed E-state index contributed by atoms with van der Waals surface area (Å²) in [6.07, 6.45) is 6.00. The Balaban J connectivity index is 2.17. The van der Waals surface area contributed by atoms with Gasteiger partial charge < -0.3 is 4.74 Å². The lowest BCUT2D eigenvalue weighted by molar-refractivity contribution is 0.0838. The summed E-state index contributed by atoms with van der Waals surface area (Å²) in [7, 11) is 0. The standard InChI is InChI=1S/C16H26N2O/c1-2-12-19-13-15(18-17)16(10-6-7-11-16)14-8-4-3-5-9-14/h3-5,8-9,15,18H,2,6-7,10-13,17H2,1H3. The highest BCUT2D eigenvalue weighted by molar-refractivity contribution is 5.29. The fraction of sp³-hybridized carbons (Fsp3) is 0.625. The molecule has 1 saturated carbocycles. The Labute approximate surface area is 116 Å². The van der Waals surface area contributed by atoms with Crippen molar-refractivity contribution in [2.45, 2.75) is 50.5 Å². The smallest absolute Gasteiger partial charge is 0.0641 e. The molecule has 3 heteroatoms. The van der Waals surface area contributed by atoms with Gasteiger partial charge in [-0.25, -0.2) is 0 Å². The molecule has 1 aromatic carbocycles. The number of hydrogen-bond donors (Lipinski definition) is 2. The molecule has 1 unspecified atom stereocenters. The molecule has 0 amide bonds. The topological polar surface area (TPSA) is 47.3 Å². The number of hydrazine groups is 1. The van der Waals surface area contributed by atoms with Crippen LogP contribution in [-0.4, -0.2) is 19.3 Å². The van der Waals surface area contributed by atoms with Crippen molar-refractivity contribution < 1.29 is 4.74 Å². The third-order valence-corrected chi connectivity index (χ3v) is 4.35. The molecule has 0 aromatic heterocycles. The fourth-order valence-electron chi connectivity index (χ4n) is 3.33. The number of rotatable bonds is 7. The lowest BCUT2D eigenvalue weighted by Gasteiger charge is -2.37. The first-order chi connectivity index (χ1) is 9.33. The molecule has 106 valence electrons. The van der Waals surface area contributed by atoms with Gasteiger partial charge in [0.05, 0.1) is 12.6 Å². The molecule has 2 rings (SSSR count). The van der Waals surface area contributed by atoms with E-state index in [-0.39, 0.29) is 11.5 Å². The zero-order valence-electron chi connectivity index (χ0n) is 11.9. The first-order valence-electron chi connectivity index (χ1n) is 7.43. The molecule has 1 fully saturated rings. The summed E-state index contributed by atoms with van der Waals surface area (Å²) in [5, 5.41) is 0. The highest BCUT2D eigenvalue weighted by Crippen LogP contribution is 2.43. The van der Waals surface area contributed by atoms with Crippen molar-refractivity contribution in [1.29, 1.82) is 0 Å². The molecule has 1 aliphatic rings. The van der Waals surface area contributed by atoms with Gasteiger partial charge in [0, 0.05) is 12.0 Å². The summed E-state index contributed by atoms with van der Waals surface area (Å²) in [6, 6.07) is 11.0. The maximum absolute atomic E-state index is 5.83. The van der Waals surface area contributed by atoms with E-state index in [2.05, 4.69) is 42.7 Å². The van der Waals surface area contributed by atoms with E-state index in [1.54, 1.807) is 0 Å². The van der Waals surface area contributed by atoms with Crippen LogP contribution in [0.1, 0.15) is 44.6 Å². The van der Waals surface area contributed by atoms with Gasteiger partial charge in [-0.05, 0) is 24.8 Å². The second-order valence-electron chi connectivity index (χ2n) is 5.52. The Kier molecular flexibility index (Phi) is 5.37. The molecule has 0 bridgehead atoms. The Morgan fingerprint density at radius 1 is 1.26 bits per heavy atom. The van der Waals surface area contributed by atoms with Gasteiger partial charge in [-0.3, -0.25) is 11.3 Å². The van der Waals surface area contributed by atoms with Gasteiger partial charge in [0.25, 0.3) is 0 Å². The maximum atomic E-state index is 5.83. The van der Waals surface area contributed by atoms with Crippen molar-refractivity contribution in [2.24, 2.45) is 5.84 Å².